The molecule has 1 aliphatic rings. The molecule has 0 atom stereocenters. The summed E-state index contributed by atoms with van der Waals surface area (Å²) in [4.78, 5) is 24.0. The Balaban J connectivity index is 1.76. The fraction of sp³-hybridized carbons (Fsp3) is 0.174. The van der Waals surface area contributed by atoms with Crippen molar-refractivity contribution in [2.24, 2.45) is 0 Å². The molecular weight excluding hydrogens is 386 g/mol. The number of benzene rings is 1. The second kappa shape index (κ2) is 6.73. The van der Waals surface area contributed by atoms with Crippen LogP contribution in [0.3, 0.4) is 0 Å². The van der Waals surface area contributed by atoms with E-state index in [2.05, 4.69) is 23.8 Å². The minimum absolute atomic E-state index is 0.137. The third-order valence-corrected chi connectivity index (χ3v) is 5.42. The first-order valence-electron chi connectivity index (χ1n) is 9.68. The first-order valence-corrected chi connectivity index (χ1v) is 9.68. The van der Waals surface area contributed by atoms with Gasteiger partial charge in [-0.2, -0.15) is 0 Å². The van der Waals surface area contributed by atoms with Gasteiger partial charge in [-0.25, -0.2) is 18.7 Å². The molecule has 3 heterocycles. The van der Waals surface area contributed by atoms with Gasteiger partial charge in [-0.05, 0) is 35.2 Å². The molecule has 0 unspecified atom stereocenters. The van der Waals surface area contributed by atoms with Crippen LogP contribution in [0, 0.1) is 11.6 Å². The summed E-state index contributed by atoms with van der Waals surface area (Å²) in [5.74, 6) is -1.08. The molecule has 5 nitrogen and oxygen atoms in total. The number of pyridine rings is 2. The Labute approximate surface area is 170 Å². The molecule has 0 spiro atoms. The Hall–Kier alpha value is -3.61. The van der Waals surface area contributed by atoms with E-state index < -0.39 is 17.2 Å². The highest BCUT2D eigenvalue weighted by molar-refractivity contribution is 5.86. The van der Waals surface area contributed by atoms with Gasteiger partial charge >= 0.3 is 0 Å². The number of hydrogen-bond acceptors (Lipinski definition) is 3. The van der Waals surface area contributed by atoms with E-state index in [1.54, 1.807) is 6.20 Å². The highest BCUT2D eigenvalue weighted by Crippen LogP contribution is 2.31. The SMILES string of the molecule is CC(C)c1ccnc2c1nc(C1=CC=C1)n2Cc1cc(=O)[nH]c2c(F)c(F)ccc12. The van der Waals surface area contributed by atoms with Crippen molar-refractivity contribution in [3.63, 3.8) is 0 Å². The van der Waals surface area contributed by atoms with E-state index in [0.29, 0.717) is 16.6 Å². The van der Waals surface area contributed by atoms with Gasteiger partial charge in [0.1, 0.15) is 11.3 Å². The van der Waals surface area contributed by atoms with Gasteiger partial charge in [-0.15, -0.1) is 0 Å². The standard InChI is InChI=1S/C23H18F2N4O/c1-12(2)15-8-9-26-23-21(15)28-22(13-4-3-5-13)29(23)11-14-10-18(30)27-20-16(14)6-7-17(24)19(20)25/h3-10,12H,11H2,1-2H3,(H,27,30). The zero-order valence-electron chi connectivity index (χ0n) is 16.4. The maximum Gasteiger partial charge on any atom is 0.248 e. The van der Waals surface area contributed by atoms with Crippen LogP contribution in [0.1, 0.15) is 36.7 Å². The lowest BCUT2D eigenvalue weighted by atomic mass is 10.0. The highest BCUT2D eigenvalue weighted by Gasteiger charge is 2.21. The quantitative estimate of drug-likeness (QED) is 0.537. The molecule has 30 heavy (non-hydrogen) atoms. The number of nitrogens with one attached hydrogen (secondary N) is 1. The molecule has 0 radical (unpaired) electrons. The Bertz CT molecular complexity index is 1440. The van der Waals surface area contributed by atoms with E-state index in [4.69, 9.17) is 4.98 Å². The number of imidazole rings is 1. The number of fused-ring (bicyclic) bond motifs is 2. The van der Waals surface area contributed by atoms with Crippen LogP contribution in [0.2, 0.25) is 0 Å². The Morgan fingerprint density at radius 3 is 2.70 bits per heavy atom. The molecule has 150 valence electrons. The van der Waals surface area contributed by atoms with Crippen LogP contribution in [-0.4, -0.2) is 19.5 Å². The molecule has 0 aliphatic heterocycles. The van der Waals surface area contributed by atoms with E-state index in [-0.39, 0.29) is 18.0 Å². The van der Waals surface area contributed by atoms with Crippen LogP contribution < -0.4 is 5.56 Å². The van der Waals surface area contributed by atoms with Gasteiger partial charge in [0.05, 0.1) is 12.1 Å². The maximum absolute atomic E-state index is 14.3. The number of H-pyrrole nitrogens is 1. The molecule has 0 saturated heterocycles. The Kier molecular flexibility index (Phi) is 4.13. The summed E-state index contributed by atoms with van der Waals surface area (Å²) < 4.78 is 29.9. The zero-order chi connectivity index (χ0) is 21.0. The summed E-state index contributed by atoms with van der Waals surface area (Å²) in [6.45, 7) is 4.44. The molecule has 3 aromatic heterocycles. The third kappa shape index (κ3) is 2.77. The van der Waals surface area contributed by atoms with Crippen LogP contribution in [0.15, 0.2) is 53.5 Å². The van der Waals surface area contributed by atoms with E-state index in [0.717, 1.165) is 28.5 Å². The fourth-order valence-corrected chi connectivity index (χ4v) is 3.85. The number of nitrogens with zero attached hydrogens (tertiary/aromatic N) is 3. The van der Waals surface area contributed by atoms with E-state index >= 15 is 0 Å². The van der Waals surface area contributed by atoms with Crippen molar-refractivity contribution in [2.45, 2.75) is 26.3 Å². The average molecular weight is 404 g/mol. The largest absolute Gasteiger partial charge is 0.319 e. The van der Waals surface area contributed by atoms with Gasteiger partial charge in [-0.1, -0.05) is 32.1 Å². The van der Waals surface area contributed by atoms with Crippen LogP contribution >= 0.6 is 0 Å². The van der Waals surface area contributed by atoms with Crippen molar-refractivity contribution in [3.8, 4) is 0 Å². The minimum Gasteiger partial charge on any atom is -0.319 e. The number of hydrogen-bond donors (Lipinski definition) is 1. The van der Waals surface area contributed by atoms with Crippen molar-refractivity contribution < 1.29 is 8.78 Å². The average Bonchev–Trinajstić information content (AvgIpc) is 3.01. The monoisotopic (exact) mass is 404 g/mol. The van der Waals surface area contributed by atoms with Crippen molar-refractivity contribution in [2.75, 3.05) is 0 Å². The third-order valence-electron chi connectivity index (χ3n) is 5.42. The minimum atomic E-state index is -1.06. The van der Waals surface area contributed by atoms with E-state index in [1.807, 2.05) is 28.9 Å². The Morgan fingerprint density at radius 2 is 2.00 bits per heavy atom. The lowest BCUT2D eigenvalue weighted by Crippen LogP contribution is -2.12. The first-order chi connectivity index (χ1) is 14.4. The highest BCUT2D eigenvalue weighted by atomic mass is 19.2. The van der Waals surface area contributed by atoms with Crippen molar-refractivity contribution in [1.82, 2.24) is 19.5 Å². The van der Waals surface area contributed by atoms with Crippen molar-refractivity contribution in [3.05, 3.63) is 87.6 Å². The summed E-state index contributed by atoms with van der Waals surface area (Å²) in [5.41, 5.74) is 3.45. The van der Waals surface area contributed by atoms with Crippen LogP contribution in [-0.2, 0) is 6.54 Å². The van der Waals surface area contributed by atoms with E-state index in [1.165, 1.54) is 12.1 Å². The molecule has 1 aromatic carbocycles. The zero-order valence-corrected chi connectivity index (χ0v) is 16.4. The van der Waals surface area contributed by atoms with Crippen LogP contribution in [0.25, 0.3) is 27.6 Å². The van der Waals surface area contributed by atoms with Crippen molar-refractivity contribution in [1.29, 1.82) is 0 Å². The normalized spacial score (nSPS) is 13.3. The molecule has 4 aromatic rings. The lowest BCUT2D eigenvalue weighted by molar-refractivity contribution is 0.515. The number of aromatic amines is 1. The van der Waals surface area contributed by atoms with Crippen molar-refractivity contribution >= 4 is 27.6 Å². The predicted octanol–water partition coefficient (Wildman–Crippen LogP) is 4.68. The van der Waals surface area contributed by atoms with Gasteiger partial charge in [-0.3, -0.25) is 4.79 Å². The second-order valence-corrected chi connectivity index (χ2v) is 7.67. The van der Waals surface area contributed by atoms with Gasteiger partial charge in [0.2, 0.25) is 5.56 Å². The summed E-state index contributed by atoms with van der Waals surface area (Å²) in [6, 6.07) is 5.92. The molecule has 1 aliphatic carbocycles. The fourth-order valence-electron chi connectivity index (χ4n) is 3.85. The molecule has 5 rings (SSSR count). The molecule has 1 N–H and O–H groups in total. The van der Waals surface area contributed by atoms with Gasteiger partial charge in [0, 0.05) is 23.2 Å². The molecular formula is C23H18F2N4O. The second-order valence-electron chi connectivity index (χ2n) is 7.67. The molecule has 0 amide bonds. The maximum atomic E-state index is 14.3. The Morgan fingerprint density at radius 1 is 1.20 bits per heavy atom. The first kappa shape index (κ1) is 18.4. The predicted molar refractivity (Wildman–Crippen MR) is 112 cm³/mol. The smallest absolute Gasteiger partial charge is 0.248 e. The number of rotatable bonds is 4. The summed E-state index contributed by atoms with van der Waals surface area (Å²) in [7, 11) is 0. The van der Waals surface area contributed by atoms with E-state index in [9.17, 15) is 13.6 Å². The molecule has 7 heteroatoms. The van der Waals surface area contributed by atoms with Gasteiger partial charge in [0.25, 0.3) is 0 Å². The summed E-state index contributed by atoms with van der Waals surface area (Å²) in [5, 5.41) is 0.444. The number of aromatic nitrogens is 4. The van der Waals surface area contributed by atoms with Gasteiger partial charge < -0.3 is 9.55 Å². The van der Waals surface area contributed by atoms with Gasteiger partial charge in [0.15, 0.2) is 17.3 Å². The summed E-state index contributed by atoms with van der Waals surface area (Å²) in [6.07, 6.45) is 7.58. The molecule has 0 fully saturated rings. The molecule has 0 bridgehead atoms. The number of allylic oxidation sites excluding steroid dienone is 4. The number of halogens is 2. The molecule has 0 saturated carbocycles. The lowest BCUT2D eigenvalue weighted by Gasteiger charge is -2.13. The summed E-state index contributed by atoms with van der Waals surface area (Å²) >= 11 is 0. The van der Waals surface area contributed by atoms with Crippen LogP contribution in [0.5, 0.6) is 0 Å². The topological polar surface area (TPSA) is 63.6 Å². The van der Waals surface area contributed by atoms with Crippen LogP contribution in [0.4, 0.5) is 8.78 Å².